The fourth-order valence-corrected chi connectivity index (χ4v) is 8.40. The first-order chi connectivity index (χ1) is 28.3. The van der Waals surface area contributed by atoms with E-state index in [9.17, 15) is 19.2 Å². The molecule has 0 spiro atoms. The maximum absolute atomic E-state index is 15.0. The Bertz CT molecular complexity index is 2060. The normalized spacial score (nSPS) is 16.5. The molecule has 0 unspecified atom stereocenters. The number of nitrogens with zero attached hydrogens (tertiary/aromatic N) is 2. The van der Waals surface area contributed by atoms with Crippen molar-refractivity contribution in [2.45, 2.75) is 110 Å². The molecule has 2 amide bonds. The van der Waals surface area contributed by atoms with Crippen LogP contribution < -0.4 is 0 Å². The van der Waals surface area contributed by atoms with Crippen LogP contribution >= 0.6 is 0 Å². The molecule has 0 saturated carbocycles. The van der Waals surface area contributed by atoms with Gasteiger partial charge in [0.15, 0.2) is 5.78 Å². The van der Waals surface area contributed by atoms with Gasteiger partial charge in [-0.15, -0.1) is 0 Å². The first kappa shape index (κ1) is 43.0. The fourth-order valence-electron chi connectivity index (χ4n) is 8.40. The summed E-state index contributed by atoms with van der Waals surface area (Å²) in [6.07, 6.45) is 1.16. The van der Waals surface area contributed by atoms with E-state index in [0.717, 1.165) is 38.9 Å². The van der Waals surface area contributed by atoms with Gasteiger partial charge in [-0.1, -0.05) is 116 Å². The molecule has 0 aromatic heterocycles. The van der Waals surface area contributed by atoms with Crippen molar-refractivity contribution in [3.63, 3.8) is 0 Å². The van der Waals surface area contributed by atoms with Crippen molar-refractivity contribution < 1.29 is 33.4 Å². The highest BCUT2D eigenvalue weighted by molar-refractivity contribution is 5.93. The predicted octanol–water partition coefficient (Wildman–Crippen LogP) is 9.07. The maximum Gasteiger partial charge on any atom is 0.410 e. The SMILES string of the molecule is Cc1ccc(CCC(=O)[C@@H](CCC(=O)OC(C)(C)C)N(CCC(=O)CCc2ccccc2)C(=O)[C@@H]2C[C@@H](C)CN2C(=O)OCC2c3ccccc3-c3ccccc32)cc1. The standard InChI is InChI=1S/C50H58N2O7/c1-34-19-21-37(22-20-34)24-27-46(54)44(26-28-47(55)59-50(3,4)5)51(30-29-38(53)25-23-36-13-7-6-8-14-36)48(56)45-31-35(2)32-52(45)49(57)58-33-43-41-17-11-9-15-39(41)40-16-10-12-18-42(40)43/h6-22,35,43-45H,23-33H2,1-5H3/t35-,44-,45+/m1/s1. The van der Waals surface area contributed by atoms with Crippen molar-refractivity contribution in [3.05, 3.63) is 131 Å². The van der Waals surface area contributed by atoms with Gasteiger partial charge in [-0.25, -0.2) is 4.79 Å². The van der Waals surface area contributed by atoms with Crippen LogP contribution in [-0.2, 0) is 41.5 Å². The molecule has 4 aromatic carbocycles. The number of rotatable bonds is 17. The minimum absolute atomic E-state index is 0.0174. The van der Waals surface area contributed by atoms with E-state index in [0.29, 0.717) is 25.8 Å². The molecular formula is C50H58N2O7. The van der Waals surface area contributed by atoms with Gasteiger partial charge >= 0.3 is 12.1 Å². The summed E-state index contributed by atoms with van der Waals surface area (Å²) < 4.78 is 11.7. The van der Waals surface area contributed by atoms with E-state index >= 15 is 4.79 Å². The Hall–Kier alpha value is -5.57. The number of likely N-dealkylation sites (tertiary alicyclic amines) is 1. The van der Waals surface area contributed by atoms with Crippen LogP contribution in [0.2, 0.25) is 0 Å². The molecular weight excluding hydrogens is 741 g/mol. The van der Waals surface area contributed by atoms with Crippen molar-refractivity contribution in [3.8, 4) is 11.1 Å². The molecule has 0 radical (unpaired) electrons. The molecule has 0 N–H and O–H groups in total. The van der Waals surface area contributed by atoms with Crippen molar-refractivity contribution in [1.29, 1.82) is 0 Å². The molecule has 4 aromatic rings. The lowest BCUT2D eigenvalue weighted by Crippen LogP contribution is -2.54. The van der Waals surface area contributed by atoms with Crippen LogP contribution in [-0.4, -0.2) is 76.7 Å². The molecule has 9 heteroatoms. The van der Waals surface area contributed by atoms with Crippen LogP contribution in [0, 0.1) is 12.8 Å². The third-order valence-electron chi connectivity index (χ3n) is 11.4. The first-order valence-corrected chi connectivity index (χ1v) is 21.0. The number of carbonyl (C=O) groups excluding carboxylic acids is 5. The fraction of sp³-hybridized carbons (Fsp3) is 0.420. The Balaban J connectivity index is 1.24. The van der Waals surface area contributed by atoms with Gasteiger partial charge in [-0.2, -0.15) is 0 Å². The molecule has 1 heterocycles. The number of fused-ring (bicyclic) bond motifs is 3. The first-order valence-electron chi connectivity index (χ1n) is 21.0. The summed E-state index contributed by atoms with van der Waals surface area (Å²) in [5.74, 6) is -1.32. The number of hydrogen-bond donors (Lipinski definition) is 0. The zero-order chi connectivity index (χ0) is 42.1. The van der Waals surface area contributed by atoms with E-state index < -0.39 is 35.7 Å². The number of carbonyl (C=O) groups is 5. The second-order valence-corrected chi connectivity index (χ2v) is 17.2. The number of ketones is 2. The van der Waals surface area contributed by atoms with Gasteiger partial charge in [0, 0.05) is 44.7 Å². The van der Waals surface area contributed by atoms with E-state index in [1.165, 1.54) is 9.80 Å². The molecule has 310 valence electrons. The average molecular weight is 799 g/mol. The Morgan fingerprint density at radius 3 is 1.98 bits per heavy atom. The maximum atomic E-state index is 15.0. The van der Waals surface area contributed by atoms with Crippen molar-refractivity contribution in [1.82, 2.24) is 9.80 Å². The third-order valence-corrected chi connectivity index (χ3v) is 11.4. The summed E-state index contributed by atoms with van der Waals surface area (Å²) in [5, 5.41) is 0. The molecule has 1 aliphatic carbocycles. The van der Waals surface area contributed by atoms with E-state index in [1.807, 2.05) is 92.7 Å². The van der Waals surface area contributed by atoms with Gasteiger partial charge in [0.05, 0.1) is 6.04 Å². The Morgan fingerprint density at radius 1 is 0.746 bits per heavy atom. The number of hydrogen-bond acceptors (Lipinski definition) is 7. The summed E-state index contributed by atoms with van der Waals surface area (Å²) in [7, 11) is 0. The molecule has 0 bridgehead atoms. The smallest absolute Gasteiger partial charge is 0.410 e. The van der Waals surface area contributed by atoms with Crippen LogP contribution in [0.15, 0.2) is 103 Å². The minimum atomic E-state index is -1.01. The van der Waals surface area contributed by atoms with Gasteiger partial charge in [0.1, 0.15) is 24.0 Å². The predicted molar refractivity (Wildman–Crippen MR) is 229 cm³/mol. The molecule has 59 heavy (non-hydrogen) atoms. The Labute approximate surface area is 349 Å². The van der Waals surface area contributed by atoms with Crippen LogP contribution in [0.1, 0.15) is 100.0 Å². The van der Waals surface area contributed by atoms with Gasteiger partial charge in [-0.3, -0.25) is 24.1 Å². The molecule has 1 saturated heterocycles. The second-order valence-electron chi connectivity index (χ2n) is 17.2. The van der Waals surface area contributed by atoms with Crippen molar-refractivity contribution >= 4 is 29.5 Å². The number of aryl methyl sites for hydroxylation is 3. The highest BCUT2D eigenvalue weighted by Gasteiger charge is 2.44. The lowest BCUT2D eigenvalue weighted by Gasteiger charge is -2.35. The lowest BCUT2D eigenvalue weighted by molar-refractivity contribution is -0.156. The molecule has 3 atom stereocenters. The van der Waals surface area contributed by atoms with Gasteiger partial charge in [0.25, 0.3) is 0 Å². The molecule has 9 nitrogen and oxygen atoms in total. The molecule has 1 aliphatic heterocycles. The summed E-state index contributed by atoms with van der Waals surface area (Å²) in [5.41, 5.74) is 6.80. The summed E-state index contributed by atoms with van der Waals surface area (Å²) in [4.78, 5) is 73.0. The summed E-state index contributed by atoms with van der Waals surface area (Å²) in [6, 6.07) is 32.0. The van der Waals surface area contributed by atoms with Gasteiger partial charge in [-0.05, 0) is 92.7 Å². The van der Waals surface area contributed by atoms with Crippen molar-refractivity contribution in [2.75, 3.05) is 19.7 Å². The molecule has 1 fully saturated rings. The van der Waals surface area contributed by atoms with E-state index in [1.54, 1.807) is 20.8 Å². The highest BCUT2D eigenvalue weighted by atomic mass is 16.6. The number of benzene rings is 4. The summed E-state index contributed by atoms with van der Waals surface area (Å²) in [6.45, 7) is 9.73. The van der Waals surface area contributed by atoms with Gasteiger partial charge < -0.3 is 14.4 Å². The zero-order valence-corrected chi connectivity index (χ0v) is 35.2. The monoisotopic (exact) mass is 798 g/mol. The van der Waals surface area contributed by atoms with E-state index in [4.69, 9.17) is 9.47 Å². The Kier molecular flexibility index (Phi) is 14.2. The third kappa shape index (κ3) is 11.3. The number of esters is 1. The number of amides is 2. The van der Waals surface area contributed by atoms with Crippen LogP contribution in [0.25, 0.3) is 11.1 Å². The largest absolute Gasteiger partial charge is 0.460 e. The van der Waals surface area contributed by atoms with E-state index in [-0.39, 0.29) is 68.7 Å². The van der Waals surface area contributed by atoms with Gasteiger partial charge in [0.2, 0.25) is 5.91 Å². The number of Topliss-reactive ketones (excluding diaryl/α,β-unsaturated/α-hetero) is 2. The molecule has 6 rings (SSSR count). The number of ether oxygens (including phenoxy) is 2. The summed E-state index contributed by atoms with van der Waals surface area (Å²) >= 11 is 0. The minimum Gasteiger partial charge on any atom is -0.460 e. The quantitative estimate of drug-likeness (QED) is 0.0981. The van der Waals surface area contributed by atoms with Crippen LogP contribution in [0.3, 0.4) is 0 Å². The van der Waals surface area contributed by atoms with Crippen molar-refractivity contribution in [2.24, 2.45) is 5.92 Å². The highest BCUT2D eigenvalue weighted by Crippen LogP contribution is 2.44. The van der Waals surface area contributed by atoms with E-state index in [2.05, 4.69) is 24.3 Å². The lowest BCUT2D eigenvalue weighted by atomic mass is 9.96. The topological polar surface area (TPSA) is 110 Å². The Morgan fingerprint density at radius 2 is 1.34 bits per heavy atom. The van der Waals surface area contributed by atoms with Crippen LogP contribution in [0.5, 0.6) is 0 Å². The molecule has 2 aliphatic rings. The second kappa shape index (κ2) is 19.5. The zero-order valence-electron chi connectivity index (χ0n) is 35.2. The van der Waals surface area contributed by atoms with Crippen LogP contribution in [0.4, 0.5) is 4.79 Å². The average Bonchev–Trinajstić information content (AvgIpc) is 3.77.